The van der Waals surface area contributed by atoms with E-state index in [1.54, 1.807) is 0 Å². The van der Waals surface area contributed by atoms with E-state index in [-0.39, 0.29) is 0 Å². The number of hydrogen-bond acceptors (Lipinski definition) is 1. The fraction of sp³-hybridized carbons (Fsp3) is 0.684. The van der Waals surface area contributed by atoms with E-state index in [4.69, 9.17) is 11.6 Å². The van der Waals surface area contributed by atoms with Crippen LogP contribution in [0.4, 0.5) is 0 Å². The van der Waals surface area contributed by atoms with Crippen LogP contribution in [0.3, 0.4) is 0 Å². The van der Waals surface area contributed by atoms with Gasteiger partial charge in [0.05, 0.1) is 0 Å². The second-order valence-electron chi connectivity index (χ2n) is 6.57. The quantitative estimate of drug-likeness (QED) is 0.704. The van der Waals surface area contributed by atoms with Gasteiger partial charge in [-0.2, -0.15) is 0 Å². The molecule has 1 aliphatic carbocycles. The minimum Gasteiger partial charge on any atom is -0.314 e. The predicted molar refractivity (Wildman–Crippen MR) is 93.0 cm³/mol. The first kappa shape index (κ1) is 16.8. The van der Waals surface area contributed by atoms with Gasteiger partial charge >= 0.3 is 0 Å². The van der Waals surface area contributed by atoms with Gasteiger partial charge in [0.25, 0.3) is 0 Å². The average molecular weight is 308 g/mol. The maximum Gasteiger partial charge on any atom is 0.0408 e. The summed E-state index contributed by atoms with van der Waals surface area (Å²) in [5.74, 6) is 1.82. The third kappa shape index (κ3) is 5.30. The van der Waals surface area contributed by atoms with Crippen molar-refractivity contribution in [1.82, 2.24) is 5.32 Å². The van der Waals surface area contributed by atoms with E-state index in [0.29, 0.717) is 6.04 Å². The molecule has 1 aromatic carbocycles. The standard InChI is InChI=1S/C19H30ClN/c1-3-6-15-9-11-17(12-10-15)19(21-4-2)14-16-7-5-8-18(20)13-16/h5,7-8,13,15,17,19,21H,3-4,6,9-12,14H2,1-2H3. The van der Waals surface area contributed by atoms with Gasteiger partial charge in [-0.15, -0.1) is 0 Å². The second-order valence-corrected chi connectivity index (χ2v) is 7.00. The lowest BCUT2D eigenvalue weighted by molar-refractivity contribution is 0.213. The molecule has 0 bridgehead atoms. The molecule has 0 aliphatic heterocycles. The van der Waals surface area contributed by atoms with Crippen molar-refractivity contribution in [3.05, 3.63) is 34.9 Å². The minimum absolute atomic E-state index is 0.607. The zero-order valence-corrected chi connectivity index (χ0v) is 14.3. The van der Waals surface area contributed by atoms with Crippen LogP contribution in [0.25, 0.3) is 0 Å². The van der Waals surface area contributed by atoms with Gasteiger partial charge < -0.3 is 5.32 Å². The zero-order valence-electron chi connectivity index (χ0n) is 13.6. The van der Waals surface area contributed by atoms with Crippen LogP contribution in [0.2, 0.25) is 5.02 Å². The molecule has 0 radical (unpaired) electrons. The topological polar surface area (TPSA) is 12.0 Å². The summed E-state index contributed by atoms with van der Waals surface area (Å²) in [6, 6.07) is 8.96. The molecule has 0 amide bonds. The maximum absolute atomic E-state index is 6.12. The normalized spacial score (nSPS) is 24.0. The molecule has 1 nitrogen and oxygen atoms in total. The molecule has 1 aliphatic rings. The Hall–Kier alpha value is -0.530. The maximum atomic E-state index is 6.12. The van der Waals surface area contributed by atoms with Gasteiger partial charge in [0.15, 0.2) is 0 Å². The molecule has 2 rings (SSSR count). The van der Waals surface area contributed by atoms with Crippen molar-refractivity contribution in [2.24, 2.45) is 11.8 Å². The molecule has 118 valence electrons. The molecule has 1 atom stereocenters. The van der Waals surface area contributed by atoms with Gasteiger partial charge in [-0.05, 0) is 55.3 Å². The molecule has 0 spiro atoms. The highest BCUT2D eigenvalue weighted by Gasteiger charge is 2.26. The summed E-state index contributed by atoms with van der Waals surface area (Å²) in [4.78, 5) is 0. The van der Waals surface area contributed by atoms with Crippen LogP contribution in [-0.4, -0.2) is 12.6 Å². The van der Waals surface area contributed by atoms with Crippen molar-refractivity contribution in [3.8, 4) is 0 Å². The Bertz CT molecular complexity index is 410. The summed E-state index contributed by atoms with van der Waals surface area (Å²) in [6.07, 6.45) is 9.51. The van der Waals surface area contributed by atoms with E-state index in [0.717, 1.165) is 29.8 Å². The molecular formula is C19H30ClN. The fourth-order valence-corrected chi connectivity index (χ4v) is 4.09. The molecule has 2 heteroatoms. The van der Waals surface area contributed by atoms with Crippen LogP contribution < -0.4 is 5.32 Å². The Kier molecular flexibility index (Phi) is 7.06. The Morgan fingerprint density at radius 3 is 2.57 bits per heavy atom. The van der Waals surface area contributed by atoms with Gasteiger partial charge in [0.1, 0.15) is 0 Å². The number of hydrogen-bond donors (Lipinski definition) is 1. The first-order valence-electron chi connectivity index (χ1n) is 8.70. The Balaban J connectivity index is 1.93. The van der Waals surface area contributed by atoms with Crippen molar-refractivity contribution >= 4 is 11.6 Å². The highest BCUT2D eigenvalue weighted by Crippen LogP contribution is 2.34. The molecule has 1 fully saturated rings. The SMILES string of the molecule is CCCC1CCC(C(Cc2cccc(Cl)c2)NCC)CC1. The molecule has 0 heterocycles. The average Bonchev–Trinajstić information content (AvgIpc) is 2.48. The van der Waals surface area contributed by atoms with Gasteiger partial charge in [0.2, 0.25) is 0 Å². The fourth-order valence-electron chi connectivity index (χ4n) is 3.87. The molecule has 21 heavy (non-hydrogen) atoms. The van der Waals surface area contributed by atoms with Crippen molar-refractivity contribution in [2.45, 2.75) is 64.8 Å². The number of likely N-dealkylation sites (N-methyl/N-ethyl adjacent to an activating group) is 1. The van der Waals surface area contributed by atoms with Crippen LogP contribution in [0, 0.1) is 11.8 Å². The van der Waals surface area contributed by atoms with E-state index >= 15 is 0 Å². The minimum atomic E-state index is 0.607. The first-order valence-corrected chi connectivity index (χ1v) is 9.08. The summed E-state index contributed by atoms with van der Waals surface area (Å²) in [7, 11) is 0. The second kappa shape index (κ2) is 8.80. The Morgan fingerprint density at radius 2 is 1.95 bits per heavy atom. The number of halogens is 1. The number of rotatable bonds is 7. The van der Waals surface area contributed by atoms with Crippen LogP contribution in [0.1, 0.15) is 57.9 Å². The summed E-state index contributed by atoms with van der Waals surface area (Å²) >= 11 is 6.12. The lowest BCUT2D eigenvalue weighted by atomic mass is 9.76. The third-order valence-electron chi connectivity index (χ3n) is 4.97. The zero-order chi connectivity index (χ0) is 15.1. The molecular weight excluding hydrogens is 278 g/mol. The predicted octanol–water partition coefficient (Wildman–Crippen LogP) is 5.47. The lowest BCUT2D eigenvalue weighted by Crippen LogP contribution is -2.39. The van der Waals surface area contributed by atoms with Crippen molar-refractivity contribution in [1.29, 1.82) is 0 Å². The van der Waals surface area contributed by atoms with Crippen molar-refractivity contribution in [3.63, 3.8) is 0 Å². The van der Waals surface area contributed by atoms with E-state index in [1.165, 1.54) is 44.1 Å². The largest absolute Gasteiger partial charge is 0.314 e. The molecule has 0 aromatic heterocycles. The Morgan fingerprint density at radius 1 is 1.19 bits per heavy atom. The van der Waals surface area contributed by atoms with Gasteiger partial charge in [-0.1, -0.05) is 63.3 Å². The summed E-state index contributed by atoms with van der Waals surface area (Å²) in [5, 5.41) is 4.58. The third-order valence-corrected chi connectivity index (χ3v) is 5.20. The molecule has 1 aromatic rings. The van der Waals surface area contributed by atoms with Crippen LogP contribution >= 0.6 is 11.6 Å². The van der Waals surface area contributed by atoms with Gasteiger partial charge in [-0.3, -0.25) is 0 Å². The van der Waals surface area contributed by atoms with E-state index in [2.05, 4.69) is 37.4 Å². The molecule has 1 saturated carbocycles. The monoisotopic (exact) mass is 307 g/mol. The van der Waals surface area contributed by atoms with E-state index in [1.807, 2.05) is 6.07 Å². The van der Waals surface area contributed by atoms with Gasteiger partial charge in [-0.25, -0.2) is 0 Å². The molecule has 0 saturated heterocycles. The highest BCUT2D eigenvalue weighted by atomic mass is 35.5. The summed E-state index contributed by atoms with van der Waals surface area (Å²) < 4.78 is 0. The van der Waals surface area contributed by atoms with Crippen molar-refractivity contribution in [2.75, 3.05) is 6.54 Å². The number of benzene rings is 1. The smallest absolute Gasteiger partial charge is 0.0408 e. The van der Waals surface area contributed by atoms with E-state index in [9.17, 15) is 0 Å². The summed E-state index contributed by atoms with van der Waals surface area (Å²) in [6.45, 7) is 5.58. The van der Waals surface area contributed by atoms with Gasteiger partial charge in [0, 0.05) is 11.1 Å². The Labute approximate surface area is 135 Å². The van der Waals surface area contributed by atoms with Crippen molar-refractivity contribution < 1.29 is 0 Å². The molecule has 1 N–H and O–H groups in total. The van der Waals surface area contributed by atoms with Crippen LogP contribution in [-0.2, 0) is 6.42 Å². The van der Waals surface area contributed by atoms with Crippen LogP contribution in [0.5, 0.6) is 0 Å². The number of nitrogens with one attached hydrogen (secondary N) is 1. The summed E-state index contributed by atoms with van der Waals surface area (Å²) in [5.41, 5.74) is 1.36. The van der Waals surface area contributed by atoms with E-state index < -0.39 is 0 Å². The highest BCUT2D eigenvalue weighted by molar-refractivity contribution is 6.30. The lowest BCUT2D eigenvalue weighted by Gasteiger charge is -2.34. The van der Waals surface area contributed by atoms with Crippen LogP contribution in [0.15, 0.2) is 24.3 Å². The molecule has 1 unspecified atom stereocenters. The first-order chi connectivity index (χ1) is 10.2.